The molecule has 0 aliphatic rings. The molecule has 12 N–H and O–H groups in total. The fraction of sp³-hybridized carbons (Fsp3) is 0.481. The molecule has 0 radical (unpaired) electrons. The van der Waals surface area contributed by atoms with Gasteiger partial charge >= 0.3 is 15.5 Å². The average molecular weight is 818 g/mol. The van der Waals surface area contributed by atoms with Gasteiger partial charge < -0.3 is 41.8 Å². The molecule has 55 heavy (non-hydrogen) atoms. The highest BCUT2D eigenvalue weighted by atomic mass is 31.2. The normalized spacial score (nSPS) is 14.0. The molecule has 26 nitrogen and oxygen atoms in total. The van der Waals surface area contributed by atoms with E-state index < -0.39 is 38.6 Å². The van der Waals surface area contributed by atoms with Gasteiger partial charge in [-0.3, -0.25) is 47.6 Å². The molecule has 1 amide bonds. The van der Waals surface area contributed by atoms with Crippen molar-refractivity contribution < 1.29 is 42.2 Å². The standard InChI is InChI=1S/C15H27N8O6P.C11H14N7O5P.CH4/c1-18-10(4-2-3-5-16)13(24)22-30(26,27)29-7-6-28-9-23-8-19-11-12(23)20-15(17)21-14(11)25;12-11-15-9-8(10(19)16-11)14-6-17(9)7-22-3-4-23-24(20,21)18-2-1-13-5-18;/h8,10,18H,2-7,9,16H2,1H3,(H3,17,20,21,25)(H2,22,24,26,27);1-2,5-6H,3-4,7H2,(H,20,21)(H3,12,15,16,19);1H4/t10-;;/m0../s1. The highest BCUT2D eigenvalue weighted by Crippen LogP contribution is 2.42. The molecule has 0 saturated heterocycles. The molecule has 5 aromatic rings. The van der Waals surface area contributed by atoms with E-state index in [4.69, 9.17) is 35.7 Å². The first-order valence-corrected chi connectivity index (χ1v) is 19.0. The number of hydrogen-bond donors (Lipinski definition) is 9. The molecular weight excluding hydrogens is 772 g/mol. The summed E-state index contributed by atoms with van der Waals surface area (Å²) in [6, 6.07) is -0.630. The lowest BCUT2D eigenvalue weighted by atomic mass is 10.1. The van der Waals surface area contributed by atoms with E-state index in [-0.39, 0.29) is 81.5 Å². The number of likely N-dealkylation sites (N-methyl/N-ethyl adjacent to an activating group) is 1. The summed E-state index contributed by atoms with van der Waals surface area (Å²) in [6.45, 7) is 0.0944. The maximum absolute atomic E-state index is 12.1. The fourth-order valence-electron chi connectivity index (χ4n) is 4.51. The lowest BCUT2D eigenvalue weighted by molar-refractivity contribution is -0.121. The Hall–Kier alpha value is -4.88. The number of amides is 1. The van der Waals surface area contributed by atoms with Gasteiger partial charge in [-0.05, 0) is 26.4 Å². The van der Waals surface area contributed by atoms with Crippen LogP contribution in [0.5, 0.6) is 0 Å². The number of unbranched alkanes of at least 4 members (excludes halogenated alkanes) is 1. The lowest BCUT2D eigenvalue weighted by Gasteiger charge is -2.18. The molecule has 5 aromatic heterocycles. The van der Waals surface area contributed by atoms with Gasteiger partial charge in [-0.2, -0.15) is 9.97 Å². The lowest BCUT2D eigenvalue weighted by Crippen LogP contribution is -2.41. The van der Waals surface area contributed by atoms with Crippen LogP contribution in [0.1, 0.15) is 26.7 Å². The molecule has 5 rings (SSSR count). The number of nitrogens with zero attached hydrogens (tertiary/aromatic N) is 8. The minimum absolute atomic E-state index is 0. The van der Waals surface area contributed by atoms with Crippen LogP contribution >= 0.6 is 15.5 Å². The SMILES string of the molecule is C.CN[C@@H](CCCCN)C(=O)NP(=O)(O)OCCOCn1cnc2c(=O)[nH]c(N)nc21.Nc1nc2c(ncn2COCCOP(=O)(O)n2ccnc2)c(=O)[nH]1. The number of ether oxygens (including phenoxy) is 2. The summed E-state index contributed by atoms with van der Waals surface area (Å²) < 4.78 is 48.2. The summed E-state index contributed by atoms with van der Waals surface area (Å²) >= 11 is 0. The largest absolute Gasteiger partial charge is 0.437 e. The molecule has 0 fully saturated rings. The number of nitrogen functional groups attached to an aromatic ring is 2. The number of hydrogen-bond acceptors (Lipinski definition) is 18. The number of carbonyl (C=O) groups is 1. The van der Waals surface area contributed by atoms with Crippen LogP contribution in [0, 0.1) is 0 Å². The Morgan fingerprint density at radius 3 is 1.93 bits per heavy atom. The van der Waals surface area contributed by atoms with Crippen molar-refractivity contribution in [3.8, 4) is 0 Å². The van der Waals surface area contributed by atoms with Gasteiger partial charge in [0.2, 0.25) is 17.8 Å². The van der Waals surface area contributed by atoms with Crippen molar-refractivity contribution in [1.29, 1.82) is 0 Å². The zero-order valence-corrected chi connectivity index (χ0v) is 30.6. The second-order valence-corrected chi connectivity index (χ2v) is 14.2. The van der Waals surface area contributed by atoms with E-state index in [2.05, 4.69) is 40.2 Å². The number of nitrogens with one attached hydrogen (secondary N) is 4. The summed E-state index contributed by atoms with van der Waals surface area (Å²) in [7, 11) is -6.73. The second-order valence-electron chi connectivity index (χ2n) is 11.0. The molecule has 0 aliphatic carbocycles. The minimum Gasteiger partial charge on any atom is -0.369 e. The van der Waals surface area contributed by atoms with Crippen molar-refractivity contribution >= 4 is 55.6 Å². The van der Waals surface area contributed by atoms with Crippen LogP contribution in [0.4, 0.5) is 11.9 Å². The topological polar surface area (TPSA) is 376 Å². The van der Waals surface area contributed by atoms with E-state index in [9.17, 15) is 33.3 Å². The van der Waals surface area contributed by atoms with Crippen molar-refractivity contribution in [2.45, 2.75) is 46.2 Å². The molecule has 0 aliphatic heterocycles. The number of nitrogens with two attached hydrogens (primary N) is 3. The van der Waals surface area contributed by atoms with Gasteiger partial charge in [-0.1, -0.05) is 13.8 Å². The molecule has 0 saturated carbocycles. The number of anilines is 2. The predicted octanol–water partition coefficient (Wildman–Crippen LogP) is -1.20. The first-order chi connectivity index (χ1) is 25.7. The van der Waals surface area contributed by atoms with Gasteiger partial charge in [-0.25, -0.2) is 28.4 Å². The van der Waals surface area contributed by atoms with Crippen LogP contribution in [0.3, 0.4) is 0 Å². The van der Waals surface area contributed by atoms with E-state index in [1.54, 1.807) is 7.05 Å². The van der Waals surface area contributed by atoms with Gasteiger partial charge in [0.25, 0.3) is 11.1 Å². The van der Waals surface area contributed by atoms with E-state index in [1.807, 2.05) is 5.09 Å². The number of aromatic nitrogens is 10. The molecule has 5 heterocycles. The Morgan fingerprint density at radius 1 is 0.891 bits per heavy atom. The summed E-state index contributed by atoms with van der Waals surface area (Å²) in [5, 5.41) is 4.78. The number of fused-ring (bicyclic) bond motifs is 2. The van der Waals surface area contributed by atoms with E-state index in [1.165, 1.54) is 40.5 Å². The average Bonchev–Trinajstić information content (AvgIpc) is 3.88. The first-order valence-electron chi connectivity index (χ1n) is 15.9. The summed E-state index contributed by atoms with van der Waals surface area (Å²) in [6.07, 6.45) is 8.55. The summed E-state index contributed by atoms with van der Waals surface area (Å²) in [4.78, 5) is 79.1. The molecule has 28 heteroatoms. The molecule has 0 spiro atoms. The number of carbonyl (C=O) groups excluding carboxylic acids is 1. The summed E-state index contributed by atoms with van der Waals surface area (Å²) in [5.74, 6) is -0.725. The molecule has 3 atom stereocenters. The Morgan fingerprint density at radius 2 is 1.44 bits per heavy atom. The minimum atomic E-state index is -4.34. The number of aromatic amines is 2. The molecular formula is C27H45N15O11P2. The Bertz CT molecular complexity index is 2190. The van der Waals surface area contributed by atoms with Gasteiger partial charge in [0.15, 0.2) is 22.3 Å². The van der Waals surface area contributed by atoms with E-state index in [0.29, 0.717) is 19.4 Å². The van der Waals surface area contributed by atoms with Crippen molar-refractivity contribution in [2.75, 3.05) is 51.5 Å². The van der Waals surface area contributed by atoms with Crippen LogP contribution in [-0.4, -0.2) is 110 Å². The highest BCUT2D eigenvalue weighted by Gasteiger charge is 2.27. The molecule has 0 bridgehead atoms. The zero-order chi connectivity index (χ0) is 39.3. The quantitative estimate of drug-likeness (QED) is 0.0329. The zero-order valence-electron chi connectivity index (χ0n) is 28.8. The van der Waals surface area contributed by atoms with Crippen LogP contribution in [0.25, 0.3) is 22.3 Å². The number of rotatable bonds is 20. The summed E-state index contributed by atoms with van der Waals surface area (Å²) in [5.41, 5.74) is 16.3. The van der Waals surface area contributed by atoms with Crippen molar-refractivity contribution in [3.63, 3.8) is 0 Å². The van der Waals surface area contributed by atoms with Crippen molar-refractivity contribution in [1.82, 2.24) is 58.8 Å². The third-order valence-corrected chi connectivity index (χ3v) is 9.45. The molecule has 2 unspecified atom stereocenters. The van der Waals surface area contributed by atoms with E-state index in [0.717, 1.165) is 10.8 Å². The Labute approximate surface area is 312 Å². The highest BCUT2D eigenvalue weighted by molar-refractivity contribution is 7.51. The van der Waals surface area contributed by atoms with Crippen LogP contribution < -0.4 is 38.7 Å². The van der Waals surface area contributed by atoms with Gasteiger partial charge in [-0.15, -0.1) is 0 Å². The van der Waals surface area contributed by atoms with Gasteiger partial charge in [0.05, 0.1) is 45.1 Å². The number of imidazole rings is 3. The van der Waals surface area contributed by atoms with Crippen LogP contribution in [-0.2, 0) is 45.9 Å². The number of H-pyrrole nitrogens is 2. The maximum Gasteiger partial charge on any atom is 0.437 e. The molecule has 304 valence electrons. The monoisotopic (exact) mass is 817 g/mol. The Kier molecular flexibility index (Phi) is 16.8. The predicted molar refractivity (Wildman–Crippen MR) is 197 cm³/mol. The first kappa shape index (κ1) is 44.5. The van der Waals surface area contributed by atoms with Gasteiger partial charge in [0, 0.05) is 12.4 Å². The van der Waals surface area contributed by atoms with Crippen LogP contribution in [0.2, 0.25) is 0 Å². The third-order valence-electron chi connectivity index (χ3n) is 7.07. The second kappa shape index (κ2) is 20.7. The van der Waals surface area contributed by atoms with Gasteiger partial charge in [0.1, 0.15) is 19.8 Å². The van der Waals surface area contributed by atoms with Crippen LogP contribution in [0.15, 0.2) is 41.0 Å². The van der Waals surface area contributed by atoms with Crippen molar-refractivity contribution in [2.24, 2.45) is 5.73 Å². The smallest absolute Gasteiger partial charge is 0.369 e. The maximum atomic E-state index is 12.1. The fourth-order valence-corrected chi connectivity index (χ4v) is 6.19. The molecule has 0 aromatic carbocycles. The Balaban J connectivity index is 0.000000296. The third kappa shape index (κ3) is 12.9. The van der Waals surface area contributed by atoms with Crippen molar-refractivity contribution in [3.05, 3.63) is 52.1 Å². The van der Waals surface area contributed by atoms with E-state index >= 15 is 0 Å².